The van der Waals surface area contributed by atoms with Crippen LogP contribution < -0.4 is 10.2 Å². The van der Waals surface area contributed by atoms with Crippen LogP contribution >= 0.6 is 12.2 Å². The van der Waals surface area contributed by atoms with E-state index in [1.54, 1.807) is 24.5 Å². The number of aromatic nitrogens is 2. The number of hydrogen-bond donors (Lipinski definition) is 2. The lowest BCUT2D eigenvalue weighted by Gasteiger charge is -2.27. The molecule has 1 saturated heterocycles. The van der Waals surface area contributed by atoms with Gasteiger partial charge in [-0.25, -0.2) is 4.98 Å². The molecule has 0 aliphatic carbocycles. The van der Waals surface area contributed by atoms with E-state index in [1.165, 1.54) is 0 Å². The molecule has 0 radical (unpaired) electrons. The highest BCUT2D eigenvalue weighted by molar-refractivity contribution is 7.71. The molecule has 3 rings (SSSR count). The molecule has 23 heavy (non-hydrogen) atoms. The van der Waals surface area contributed by atoms with E-state index in [-0.39, 0.29) is 5.91 Å². The fourth-order valence-electron chi connectivity index (χ4n) is 2.38. The first kappa shape index (κ1) is 15.6. The molecule has 2 aromatic rings. The Kier molecular flexibility index (Phi) is 4.99. The molecule has 1 fully saturated rings. The zero-order valence-electron chi connectivity index (χ0n) is 12.6. The van der Waals surface area contributed by atoms with Crippen molar-refractivity contribution >= 4 is 23.9 Å². The van der Waals surface area contributed by atoms with Crippen LogP contribution in [0, 0.1) is 4.64 Å². The van der Waals surface area contributed by atoms with Crippen LogP contribution in [0.25, 0.3) is 0 Å². The van der Waals surface area contributed by atoms with Gasteiger partial charge < -0.3 is 19.9 Å². The summed E-state index contributed by atoms with van der Waals surface area (Å²) in [7, 11) is 0. The Morgan fingerprint density at radius 1 is 1.35 bits per heavy atom. The summed E-state index contributed by atoms with van der Waals surface area (Å²) in [5.74, 6) is 0.748. The summed E-state index contributed by atoms with van der Waals surface area (Å²) < 4.78 is 5.77. The fourth-order valence-corrected chi connectivity index (χ4v) is 2.61. The quantitative estimate of drug-likeness (QED) is 0.838. The number of aromatic amines is 1. The van der Waals surface area contributed by atoms with Gasteiger partial charge in [0.2, 0.25) is 0 Å². The molecule has 2 aromatic heterocycles. The number of nitrogens with one attached hydrogen (secondary N) is 2. The maximum atomic E-state index is 12.1. The van der Waals surface area contributed by atoms with Crippen molar-refractivity contribution in [2.75, 3.05) is 31.2 Å². The van der Waals surface area contributed by atoms with Crippen LogP contribution in [-0.2, 0) is 11.3 Å². The second-order valence-corrected chi connectivity index (χ2v) is 5.63. The Labute approximate surface area is 139 Å². The van der Waals surface area contributed by atoms with Gasteiger partial charge in [-0.3, -0.25) is 4.79 Å². The van der Waals surface area contributed by atoms with Crippen molar-refractivity contribution in [1.29, 1.82) is 0 Å². The van der Waals surface area contributed by atoms with E-state index in [1.807, 2.05) is 12.1 Å². The zero-order valence-corrected chi connectivity index (χ0v) is 13.4. The summed E-state index contributed by atoms with van der Waals surface area (Å²) >= 11 is 5.10. The standard InChI is InChI=1S/C16H18N4O2S/c21-15(13-2-1-5-17-16(13)23)19-11-12-3-4-14(18-10-12)20-6-8-22-9-7-20/h1-5,10H,6-9,11H2,(H,17,23)(H,19,21). The molecule has 0 unspecified atom stereocenters. The Hall–Kier alpha value is -2.25. The van der Waals surface area contributed by atoms with Crippen LogP contribution in [0.15, 0.2) is 36.7 Å². The van der Waals surface area contributed by atoms with E-state index >= 15 is 0 Å². The number of hydrogen-bond acceptors (Lipinski definition) is 5. The monoisotopic (exact) mass is 330 g/mol. The lowest BCUT2D eigenvalue weighted by atomic mass is 10.2. The van der Waals surface area contributed by atoms with Gasteiger partial charge in [0, 0.05) is 32.0 Å². The minimum atomic E-state index is -0.191. The molecule has 120 valence electrons. The van der Waals surface area contributed by atoms with Crippen LogP contribution in [0.2, 0.25) is 0 Å². The number of amides is 1. The predicted octanol–water partition coefficient (Wildman–Crippen LogP) is 1.91. The maximum absolute atomic E-state index is 12.1. The summed E-state index contributed by atoms with van der Waals surface area (Å²) in [6, 6.07) is 7.41. The number of carbonyl (C=O) groups is 1. The lowest BCUT2D eigenvalue weighted by molar-refractivity contribution is 0.0950. The van der Waals surface area contributed by atoms with Gasteiger partial charge in [0.1, 0.15) is 10.5 Å². The molecule has 3 heterocycles. The number of H-pyrrole nitrogens is 1. The molecule has 0 atom stereocenters. The average Bonchev–Trinajstić information content (AvgIpc) is 2.61. The molecule has 0 bridgehead atoms. The van der Waals surface area contributed by atoms with Crippen molar-refractivity contribution in [3.8, 4) is 0 Å². The average molecular weight is 330 g/mol. The van der Waals surface area contributed by atoms with E-state index in [9.17, 15) is 4.79 Å². The van der Waals surface area contributed by atoms with E-state index in [4.69, 9.17) is 17.0 Å². The first-order chi connectivity index (χ1) is 11.2. The molecule has 0 spiro atoms. The van der Waals surface area contributed by atoms with Crippen LogP contribution in [0.4, 0.5) is 5.82 Å². The number of carbonyl (C=O) groups excluding carboxylic acids is 1. The van der Waals surface area contributed by atoms with Crippen LogP contribution in [0.1, 0.15) is 15.9 Å². The van der Waals surface area contributed by atoms with E-state index < -0.39 is 0 Å². The van der Waals surface area contributed by atoms with E-state index in [0.29, 0.717) is 16.7 Å². The van der Waals surface area contributed by atoms with Gasteiger partial charge in [-0.15, -0.1) is 0 Å². The third-order valence-corrected chi connectivity index (χ3v) is 4.00. The van der Waals surface area contributed by atoms with Gasteiger partial charge in [0.05, 0.1) is 18.8 Å². The predicted molar refractivity (Wildman–Crippen MR) is 90.1 cm³/mol. The topological polar surface area (TPSA) is 70.2 Å². The second kappa shape index (κ2) is 7.34. The molecule has 0 aromatic carbocycles. The van der Waals surface area contributed by atoms with Crippen molar-refractivity contribution in [2.24, 2.45) is 0 Å². The molecular formula is C16H18N4O2S. The maximum Gasteiger partial charge on any atom is 0.254 e. The third kappa shape index (κ3) is 3.94. The summed E-state index contributed by atoms with van der Waals surface area (Å²) in [6.45, 7) is 3.59. The minimum Gasteiger partial charge on any atom is -0.378 e. The summed E-state index contributed by atoms with van der Waals surface area (Å²) in [5, 5.41) is 2.86. The summed E-state index contributed by atoms with van der Waals surface area (Å²) in [5.41, 5.74) is 1.42. The lowest BCUT2D eigenvalue weighted by Crippen LogP contribution is -2.36. The third-order valence-electron chi connectivity index (χ3n) is 3.66. The van der Waals surface area contributed by atoms with Crippen molar-refractivity contribution in [3.05, 3.63) is 52.4 Å². The normalized spacial score (nSPS) is 14.5. The first-order valence-electron chi connectivity index (χ1n) is 7.47. The van der Waals surface area contributed by atoms with Crippen molar-refractivity contribution in [3.63, 3.8) is 0 Å². The van der Waals surface area contributed by atoms with Gasteiger partial charge in [-0.1, -0.05) is 18.3 Å². The molecule has 1 amide bonds. The van der Waals surface area contributed by atoms with Crippen LogP contribution in [0.5, 0.6) is 0 Å². The van der Waals surface area contributed by atoms with Crippen LogP contribution in [0.3, 0.4) is 0 Å². The smallest absolute Gasteiger partial charge is 0.254 e. The van der Waals surface area contributed by atoms with Crippen molar-refractivity contribution < 1.29 is 9.53 Å². The number of rotatable bonds is 4. The second-order valence-electron chi connectivity index (χ2n) is 5.22. The molecule has 1 aliphatic heterocycles. The Morgan fingerprint density at radius 2 is 2.17 bits per heavy atom. The highest BCUT2D eigenvalue weighted by Crippen LogP contribution is 2.13. The number of pyridine rings is 2. The summed E-state index contributed by atoms with van der Waals surface area (Å²) in [6.07, 6.45) is 3.49. The van der Waals surface area contributed by atoms with E-state index in [0.717, 1.165) is 37.7 Å². The largest absolute Gasteiger partial charge is 0.378 e. The van der Waals surface area contributed by atoms with E-state index in [2.05, 4.69) is 20.2 Å². The van der Waals surface area contributed by atoms with Crippen molar-refractivity contribution in [1.82, 2.24) is 15.3 Å². The number of ether oxygens (including phenoxy) is 1. The minimum absolute atomic E-state index is 0.191. The molecule has 2 N–H and O–H groups in total. The molecule has 7 heteroatoms. The molecule has 6 nitrogen and oxygen atoms in total. The highest BCUT2D eigenvalue weighted by Gasteiger charge is 2.12. The van der Waals surface area contributed by atoms with Gasteiger partial charge in [-0.05, 0) is 23.8 Å². The number of anilines is 1. The number of morpholine rings is 1. The van der Waals surface area contributed by atoms with Gasteiger partial charge in [0.25, 0.3) is 5.91 Å². The Balaban J connectivity index is 1.59. The Morgan fingerprint density at radius 3 is 2.87 bits per heavy atom. The van der Waals surface area contributed by atoms with Gasteiger partial charge in [0.15, 0.2) is 0 Å². The number of nitrogens with zero attached hydrogens (tertiary/aromatic N) is 2. The molecular weight excluding hydrogens is 312 g/mol. The van der Waals surface area contributed by atoms with Gasteiger partial charge in [-0.2, -0.15) is 0 Å². The summed E-state index contributed by atoms with van der Waals surface area (Å²) in [4.78, 5) is 21.6. The SMILES string of the molecule is O=C(NCc1ccc(N2CCOCC2)nc1)c1ccc[nH]c1=S. The fraction of sp³-hybridized carbons (Fsp3) is 0.312. The van der Waals surface area contributed by atoms with Gasteiger partial charge >= 0.3 is 0 Å². The molecule has 1 aliphatic rings. The zero-order chi connectivity index (χ0) is 16.1. The highest BCUT2D eigenvalue weighted by atomic mass is 32.1. The van der Waals surface area contributed by atoms with Crippen molar-refractivity contribution in [2.45, 2.75) is 6.54 Å². The first-order valence-corrected chi connectivity index (χ1v) is 7.88. The van der Waals surface area contributed by atoms with Crippen LogP contribution in [-0.4, -0.2) is 42.2 Å². The Bertz CT molecular complexity index is 723. The molecule has 0 saturated carbocycles.